The molecule has 1 aromatic heterocycles. The highest BCUT2D eigenvalue weighted by Gasteiger charge is 2.16. The molecule has 0 aliphatic heterocycles. The van der Waals surface area contributed by atoms with E-state index in [-0.39, 0.29) is 18.2 Å². The van der Waals surface area contributed by atoms with Gasteiger partial charge in [0.05, 0.1) is 6.10 Å². The predicted octanol–water partition coefficient (Wildman–Crippen LogP) is 3.80. The highest BCUT2D eigenvalue weighted by atomic mass is 32.1. The SMILES string of the molecule is CCC(NCC(O)c1ccc(F)cc1F)c1cccs1. The summed E-state index contributed by atoms with van der Waals surface area (Å²) in [5.41, 5.74) is 0.111. The molecule has 2 N–H and O–H groups in total. The number of hydrogen-bond acceptors (Lipinski definition) is 3. The lowest BCUT2D eigenvalue weighted by atomic mass is 10.1. The van der Waals surface area contributed by atoms with Gasteiger partial charge in [0, 0.05) is 29.1 Å². The van der Waals surface area contributed by atoms with E-state index in [2.05, 4.69) is 5.32 Å². The molecular weight excluding hydrogens is 280 g/mol. The van der Waals surface area contributed by atoms with E-state index in [1.54, 1.807) is 11.3 Å². The fourth-order valence-electron chi connectivity index (χ4n) is 2.07. The van der Waals surface area contributed by atoms with Gasteiger partial charge in [0.15, 0.2) is 0 Å². The van der Waals surface area contributed by atoms with Crippen LogP contribution in [-0.2, 0) is 0 Å². The Hall–Kier alpha value is -1.30. The molecule has 0 bridgehead atoms. The average molecular weight is 297 g/mol. The van der Waals surface area contributed by atoms with Crippen molar-refractivity contribution in [3.63, 3.8) is 0 Å². The number of nitrogens with one attached hydrogen (secondary N) is 1. The minimum atomic E-state index is -0.996. The molecule has 0 spiro atoms. The molecule has 0 aliphatic carbocycles. The van der Waals surface area contributed by atoms with Crippen molar-refractivity contribution in [2.24, 2.45) is 0 Å². The average Bonchev–Trinajstić information content (AvgIpc) is 2.93. The van der Waals surface area contributed by atoms with Crippen LogP contribution >= 0.6 is 11.3 Å². The molecule has 2 atom stereocenters. The third kappa shape index (κ3) is 3.62. The lowest BCUT2D eigenvalue weighted by Crippen LogP contribution is -2.26. The van der Waals surface area contributed by atoms with Crippen LogP contribution in [0.2, 0.25) is 0 Å². The Kier molecular flexibility index (Phi) is 5.23. The minimum absolute atomic E-state index is 0.111. The van der Waals surface area contributed by atoms with Crippen molar-refractivity contribution in [2.45, 2.75) is 25.5 Å². The molecule has 20 heavy (non-hydrogen) atoms. The molecule has 0 radical (unpaired) electrons. The van der Waals surface area contributed by atoms with Crippen LogP contribution < -0.4 is 5.32 Å². The molecule has 1 heterocycles. The summed E-state index contributed by atoms with van der Waals surface area (Å²) in [5.74, 6) is -1.36. The zero-order chi connectivity index (χ0) is 14.5. The van der Waals surface area contributed by atoms with Crippen LogP contribution in [0.4, 0.5) is 8.78 Å². The summed E-state index contributed by atoms with van der Waals surface area (Å²) in [6.45, 7) is 2.27. The van der Waals surface area contributed by atoms with Gasteiger partial charge < -0.3 is 10.4 Å². The molecular formula is C15H17F2NOS. The van der Waals surface area contributed by atoms with E-state index in [4.69, 9.17) is 0 Å². The smallest absolute Gasteiger partial charge is 0.131 e. The summed E-state index contributed by atoms with van der Waals surface area (Å²) >= 11 is 1.64. The van der Waals surface area contributed by atoms with E-state index in [1.165, 1.54) is 10.9 Å². The summed E-state index contributed by atoms with van der Waals surface area (Å²) < 4.78 is 26.4. The zero-order valence-electron chi connectivity index (χ0n) is 11.1. The van der Waals surface area contributed by atoms with Crippen molar-refractivity contribution in [3.05, 3.63) is 57.8 Å². The maximum atomic E-state index is 13.6. The highest BCUT2D eigenvalue weighted by Crippen LogP contribution is 2.23. The van der Waals surface area contributed by atoms with Gasteiger partial charge in [0.1, 0.15) is 11.6 Å². The molecule has 0 fully saturated rings. The number of aliphatic hydroxyl groups excluding tert-OH is 1. The molecule has 2 rings (SSSR count). The Morgan fingerprint density at radius 3 is 2.70 bits per heavy atom. The van der Waals surface area contributed by atoms with Gasteiger partial charge in [-0.25, -0.2) is 8.78 Å². The third-order valence-corrected chi connectivity index (χ3v) is 4.16. The number of benzene rings is 1. The van der Waals surface area contributed by atoms with Crippen LogP contribution in [0.1, 0.15) is 35.9 Å². The molecule has 2 nitrogen and oxygen atoms in total. The number of rotatable bonds is 6. The molecule has 0 aliphatic rings. The lowest BCUT2D eigenvalue weighted by molar-refractivity contribution is 0.165. The van der Waals surface area contributed by atoms with E-state index in [1.807, 2.05) is 24.4 Å². The molecule has 0 saturated carbocycles. The fourth-order valence-corrected chi connectivity index (χ4v) is 2.96. The van der Waals surface area contributed by atoms with Crippen LogP contribution in [0.15, 0.2) is 35.7 Å². The maximum Gasteiger partial charge on any atom is 0.131 e. The van der Waals surface area contributed by atoms with E-state index in [0.29, 0.717) is 0 Å². The molecule has 2 unspecified atom stereocenters. The Labute approximate surface area is 121 Å². The Bertz CT molecular complexity index is 545. The van der Waals surface area contributed by atoms with Gasteiger partial charge in [-0.05, 0) is 23.9 Å². The molecule has 1 aromatic carbocycles. The van der Waals surface area contributed by atoms with Gasteiger partial charge in [-0.1, -0.05) is 19.1 Å². The summed E-state index contributed by atoms with van der Waals surface area (Å²) in [5, 5.41) is 15.2. The van der Waals surface area contributed by atoms with Gasteiger partial charge >= 0.3 is 0 Å². The largest absolute Gasteiger partial charge is 0.387 e. The second-order valence-electron chi connectivity index (χ2n) is 4.57. The summed E-state index contributed by atoms with van der Waals surface area (Å²) in [7, 11) is 0. The highest BCUT2D eigenvalue weighted by molar-refractivity contribution is 7.10. The second kappa shape index (κ2) is 6.92. The van der Waals surface area contributed by atoms with Crippen molar-refractivity contribution < 1.29 is 13.9 Å². The van der Waals surface area contributed by atoms with E-state index in [9.17, 15) is 13.9 Å². The molecule has 5 heteroatoms. The van der Waals surface area contributed by atoms with Gasteiger partial charge in [-0.2, -0.15) is 0 Å². The van der Waals surface area contributed by atoms with E-state index in [0.717, 1.165) is 18.6 Å². The van der Waals surface area contributed by atoms with Crippen molar-refractivity contribution >= 4 is 11.3 Å². The third-order valence-electron chi connectivity index (χ3n) is 3.17. The van der Waals surface area contributed by atoms with Gasteiger partial charge in [-0.15, -0.1) is 11.3 Å². The Morgan fingerprint density at radius 1 is 1.30 bits per heavy atom. The summed E-state index contributed by atoms with van der Waals surface area (Å²) in [4.78, 5) is 1.18. The molecule has 0 amide bonds. The number of halogens is 2. The van der Waals surface area contributed by atoms with Gasteiger partial charge in [-0.3, -0.25) is 0 Å². The molecule has 0 saturated heterocycles. The van der Waals surface area contributed by atoms with Crippen molar-refractivity contribution in [1.82, 2.24) is 5.32 Å². The van der Waals surface area contributed by atoms with Gasteiger partial charge in [0.2, 0.25) is 0 Å². The quantitative estimate of drug-likeness (QED) is 0.850. The number of hydrogen-bond donors (Lipinski definition) is 2. The van der Waals surface area contributed by atoms with E-state index < -0.39 is 17.7 Å². The number of aliphatic hydroxyl groups is 1. The fraction of sp³-hybridized carbons (Fsp3) is 0.333. The van der Waals surface area contributed by atoms with Crippen LogP contribution in [0.5, 0.6) is 0 Å². The Balaban J connectivity index is 1.99. The molecule has 2 aromatic rings. The van der Waals surface area contributed by atoms with Crippen LogP contribution in [0.25, 0.3) is 0 Å². The minimum Gasteiger partial charge on any atom is -0.387 e. The second-order valence-corrected chi connectivity index (χ2v) is 5.55. The first kappa shape index (κ1) is 15.1. The lowest BCUT2D eigenvalue weighted by Gasteiger charge is -2.19. The van der Waals surface area contributed by atoms with Crippen LogP contribution in [-0.4, -0.2) is 11.7 Å². The predicted molar refractivity (Wildman–Crippen MR) is 76.7 cm³/mol. The first-order valence-corrected chi connectivity index (χ1v) is 7.39. The zero-order valence-corrected chi connectivity index (χ0v) is 12.0. The first-order valence-electron chi connectivity index (χ1n) is 6.51. The van der Waals surface area contributed by atoms with Crippen molar-refractivity contribution in [3.8, 4) is 0 Å². The van der Waals surface area contributed by atoms with E-state index >= 15 is 0 Å². The summed E-state index contributed by atoms with van der Waals surface area (Å²) in [6.07, 6.45) is -0.122. The first-order chi connectivity index (χ1) is 9.61. The van der Waals surface area contributed by atoms with Crippen molar-refractivity contribution in [2.75, 3.05) is 6.54 Å². The monoisotopic (exact) mass is 297 g/mol. The van der Waals surface area contributed by atoms with Crippen LogP contribution in [0, 0.1) is 11.6 Å². The Morgan fingerprint density at radius 2 is 2.10 bits per heavy atom. The molecule has 108 valence electrons. The summed E-state index contributed by atoms with van der Waals surface area (Å²) in [6, 6.07) is 7.35. The van der Waals surface area contributed by atoms with Crippen LogP contribution in [0.3, 0.4) is 0 Å². The number of thiophene rings is 1. The van der Waals surface area contributed by atoms with Crippen molar-refractivity contribution in [1.29, 1.82) is 0 Å². The maximum absolute atomic E-state index is 13.6. The standard InChI is InChI=1S/C15H17F2NOS/c1-2-13(15-4-3-7-20-15)18-9-14(19)11-6-5-10(16)8-12(11)17/h3-8,13-14,18-19H,2,9H2,1H3. The van der Waals surface area contributed by atoms with Gasteiger partial charge in [0.25, 0.3) is 0 Å². The normalized spacial score (nSPS) is 14.2. The topological polar surface area (TPSA) is 32.3 Å².